The molecule has 0 fully saturated rings. The molecule has 0 aliphatic carbocycles. The van der Waals surface area contributed by atoms with Crippen LogP contribution in [0.5, 0.6) is 11.6 Å². The smallest absolute Gasteiger partial charge is 0.432 e. The first-order chi connectivity index (χ1) is 9.68. The highest BCUT2D eigenvalue weighted by Gasteiger charge is 2.25. The molecule has 0 saturated heterocycles. The van der Waals surface area contributed by atoms with Gasteiger partial charge in [-0.15, -0.1) is 5.10 Å². The fourth-order valence-corrected chi connectivity index (χ4v) is 1.73. The van der Waals surface area contributed by atoms with E-state index < -0.39 is 11.9 Å². The van der Waals surface area contributed by atoms with Gasteiger partial charge in [0.05, 0.1) is 5.69 Å². The van der Waals surface area contributed by atoms with E-state index in [0.717, 1.165) is 10.7 Å². The van der Waals surface area contributed by atoms with Gasteiger partial charge in [0, 0.05) is 17.8 Å². The third kappa shape index (κ3) is 3.13. The lowest BCUT2D eigenvalue weighted by Crippen LogP contribution is -2.12. The maximum Gasteiger partial charge on any atom is 0.432 e. The molecule has 112 valence electrons. The summed E-state index contributed by atoms with van der Waals surface area (Å²) in [5.74, 6) is -0.292. The average molecular weight is 293 g/mol. The highest BCUT2D eigenvalue weighted by atomic mass is 19.1. The molecule has 3 N–H and O–H groups in total. The monoisotopic (exact) mass is 293 g/mol. The minimum Gasteiger partial charge on any atom is -0.463 e. The normalized spacial score (nSPS) is 11.4. The minimum atomic E-state index is -1.22. The molecule has 0 aliphatic rings. The lowest BCUT2D eigenvalue weighted by Gasteiger charge is -2.17. The van der Waals surface area contributed by atoms with Crippen molar-refractivity contribution < 1.29 is 19.0 Å². The topological polar surface area (TPSA) is 90.4 Å². The number of carboxylic acid groups (broad SMARTS) is 1. The van der Waals surface area contributed by atoms with Crippen molar-refractivity contribution in [3.8, 4) is 11.6 Å². The standard InChI is InChI=1S/C14H16FN3O3/c1-14(2,3)9-7-18(13(19)20)17-12(9)21-8-4-5-11(16)10(15)6-8/h4-7H,16H2,1-3H3,(H,19,20). The number of nitrogen functional groups attached to an aromatic ring is 1. The molecule has 1 heterocycles. The summed E-state index contributed by atoms with van der Waals surface area (Å²) in [6.45, 7) is 5.69. The summed E-state index contributed by atoms with van der Waals surface area (Å²) in [5.41, 5.74) is 5.63. The fraction of sp³-hybridized carbons (Fsp3) is 0.286. The fourth-order valence-electron chi connectivity index (χ4n) is 1.73. The number of aromatic nitrogens is 2. The second-order valence-corrected chi connectivity index (χ2v) is 5.61. The number of nitrogens with two attached hydrogens (primary N) is 1. The molecule has 0 atom stereocenters. The van der Waals surface area contributed by atoms with Crippen molar-refractivity contribution in [3.05, 3.63) is 35.8 Å². The van der Waals surface area contributed by atoms with Crippen LogP contribution in [0.3, 0.4) is 0 Å². The zero-order chi connectivity index (χ0) is 15.8. The molecule has 0 bridgehead atoms. The summed E-state index contributed by atoms with van der Waals surface area (Å²) in [7, 11) is 0. The molecule has 1 aromatic heterocycles. The van der Waals surface area contributed by atoms with Crippen LogP contribution < -0.4 is 10.5 Å². The molecule has 2 aromatic rings. The van der Waals surface area contributed by atoms with Gasteiger partial charge in [0.2, 0.25) is 5.88 Å². The number of nitrogens with zero attached hydrogens (tertiary/aromatic N) is 2. The Morgan fingerprint density at radius 3 is 2.62 bits per heavy atom. The predicted octanol–water partition coefficient (Wildman–Crippen LogP) is 3.22. The quantitative estimate of drug-likeness (QED) is 0.830. The van der Waals surface area contributed by atoms with Gasteiger partial charge >= 0.3 is 6.09 Å². The van der Waals surface area contributed by atoms with Crippen molar-refractivity contribution in [1.82, 2.24) is 9.78 Å². The van der Waals surface area contributed by atoms with E-state index in [0.29, 0.717) is 5.56 Å². The van der Waals surface area contributed by atoms with E-state index in [4.69, 9.17) is 15.6 Å². The molecule has 7 heteroatoms. The number of hydrogen-bond acceptors (Lipinski definition) is 4. The van der Waals surface area contributed by atoms with Crippen LogP contribution in [0.2, 0.25) is 0 Å². The number of halogens is 1. The molecule has 0 saturated carbocycles. The molecule has 21 heavy (non-hydrogen) atoms. The highest BCUT2D eigenvalue weighted by Crippen LogP contribution is 2.33. The van der Waals surface area contributed by atoms with Crippen molar-refractivity contribution >= 4 is 11.8 Å². The summed E-state index contributed by atoms with van der Waals surface area (Å²) in [6.07, 6.45) is 0.157. The third-order valence-corrected chi connectivity index (χ3v) is 2.87. The number of anilines is 1. The lowest BCUT2D eigenvalue weighted by molar-refractivity contribution is 0.192. The Kier molecular flexibility index (Phi) is 3.59. The molecule has 6 nitrogen and oxygen atoms in total. The van der Waals surface area contributed by atoms with Gasteiger partial charge in [-0.3, -0.25) is 0 Å². The van der Waals surface area contributed by atoms with Crippen LogP contribution in [0.4, 0.5) is 14.9 Å². The molecular formula is C14H16FN3O3. The highest BCUT2D eigenvalue weighted by molar-refractivity contribution is 5.67. The van der Waals surface area contributed by atoms with Crippen LogP contribution in [0, 0.1) is 5.82 Å². The summed E-state index contributed by atoms with van der Waals surface area (Å²) in [5, 5.41) is 12.9. The number of carbonyl (C=O) groups is 1. The molecule has 0 amide bonds. The van der Waals surface area contributed by atoms with Gasteiger partial charge in [0.15, 0.2) is 0 Å². The summed E-state index contributed by atoms with van der Waals surface area (Å²) >= 11 is 0. The zero-order valence-corrected chi connectivity index (χ0v) is 11.9. The maximum absolute atomic E-state index is 13.4. The van der Waals surface area contributed by atoms with Gasteiger partial charge in [0.25, 0.3) is 0 Å². The number of rotatable bonds is 2. The van der Waals surface area contributed by atoms with Gasteiger partial charge in [-0.1, -0.05) is 20.8 Å². The Bertz CT molecular complexity index is 689. The van der Waals surface area contributed by atoms with Crippen LogP contribution in [0.15, 0.2) is 24.4 Å². The summed E-state index contributed by atoms with van der Waals surface area (Å²) in [6, 6.07) is 3.99. The van der Waals surface area contributed by atoms with Gasteiger partial charge in [-0.05, 0) is 17.5 Å². The SMILES string of the molecule is CC(C)(C)c1cn(C(=O)O)nc1Oc1ccc(N)c(F)c1. The van der Waals surface area contributed by atoms with E-state index in [2.05, 4.69) is 5.10 Å². The van der Waals surface area contributed by atoms with Gasteiger partial charge in [0.1, 0.15) is 11.6 Å². The van der Waals surface area contributed by atoms with E-state index >= 15 is 0 Å². The molecule has 0 aliphatic heterocycles. The molecule has 1 aromatic carbocycles. The van der Waals surface area contributed by atoms with E-state index in [-0.39, 0.29) is 22.7 Å². The van der Waals surface area contributed by atoms with Crippen molar-refractivity contribution in [2.45, 2.75) is 26.2 Å². The first-order valence-electron chi connectivity index (χ1n) is 6.25. The molecular weight excluding hydrogens is 277 g/mol. The largest absolute Gasteiger partial charge is 0.463 e. The first kappa shape index (κ1) is 14.8. The van der Waals surface area contributed by atoms with Crippen molar-refractivity contribution in [2.75, 3.05) is 5.73 Å². The Balaban J connectivity index is 2.42. The second kappa shape index (κ2) is 5.08. The van der Waals surface area contributed by atoms with E-state index in [1.54, 1.807) is 0 Å². The summed E-state index contributed by atoms with van der Waals surface area (Å²) < 4.78 is 19.7. The Morgan fingerprint density at radius 1 is 1.43 bits per heavy atom. The van der Waals surface area contributed by atoms with Crippen LogP contribution in [-0.4, -0.2) is 21.0 Å². The Labute approximate surface area is 120 Å². The van der Waals surface area contributed by atoms with Crippen LogP contribution in [0.1, 0.15) is 26.3 Å². The first-order valence-corrected chi connectivity index (χ1v) is 6.25. The van der Waals surface area contributed by atoms with Crippen LogP contribution in [-0.2, 0) is 5.41 Å². The van der Waals surface area contributed by atoms with Gasteiger partial charge < -0.3 is 15.6 Å². The minimum absolute atomic E-state index is 0.00876. The number of ether oxygens (including phenoxy) is 1. The van der Waals surface area contributed by atoms with Gasteiger partial charge in [-0.25, -0.2) is 9.18 Å². The van der Waals surface area contributed by atoms with Crippen molar-refractivity contribution in [2.24, 2.45) is 0 Å². The molecule has 0 radical (unpaired) electrons. The number of benzene rings is 1. The summed E-state index contributed by atoms with van der Waals surface area (Å²) in [4.78, 5) is 11.0. The molecule has 2 rings (SSSR count). The zero-order valence-electron chi connectivity index (χ0n) is 11.9. The van der Waals surface area contributed by atoms with E-state index in [9.17, 15) is 9.18 Å². The average Bonchev–Trinajstić information content (AvgIpc) is 2.78. The van der Waals surface area contributed by atoms with E-state index in [1.165, 1.54) is 18.3 Å². The van der Waals surface area contributed by atoms with Crippen molar-refractivity contribution in [1.29, 1.82) is 0 Å². The number of hydrogen-bond donors (Lipinski definition) is 2. The lowest BCUT2D eigenvalue weighted by atomic mass is 9.89. The Morgan fingerprint density at radius 2 is 2.10 bits per heavy atom. The predicted molar refractivity (Wildman–Crippen MR) is 75.2 cm³/mol. The Hall–Kier alpha value is -2.57. The van der Waals surface area contributed by atoms with E-state index in [1.807, 2.05) is 20.8 Å². The van der Waals surface area contributed by atoms with Crippen LogP contribution >= 0.6 is 0 Å². The van der Waals surface area contributed by atoms with Gasteiger partial charge in [-0.2, -0.15) is 4.68 Å². The molecule has 0 spiro atoms. The van der Waals surface area contributed by atoms with Crippen LogP contribution in [0.25, 0.3) is 0 Å². The second-order valence-electron chi connectivity index (χ2n) is 5.61. The van der Waals surface area contributed by atoms with Crippen molar-refractivity contribution in [3.63, 3.8) is 0 Å². The maximum atomic E-state index is 13.4. The third-order valence-electron chi connectivity index (χ3n) is 2.87. The molecule has 0 unspecified atom stereocenters.